The molecule has 1 heterocycles. The number of rotatable bonds is 3. The van der Waals surface area contributed by atoms with Crippen LogP contribution in [-0.4, -0.2) is 10.8 Å². The van der Waals surface area contributed by atoms with Crippen molar-refractivity contribution in [3.8, 4) is 0 Å². The van der Waals surface area contributed by atoms with Crippen LogP contribution in [0.3, 0.4) is 0 Å². The Bertz CT molecular complexity index is 293. The van der Waals surface area contributed by atoms with Crippen molar-refractivity contribution >= 4 is 22.3 Å². The van der Waals surface area contributed by atoms with Crippen molar-refractivity contribution in [1.82, 2.24) is 4.98 Å². The van der Waals surface area contributed by atoms with Gasteiger partial charge in [-0.3, -0.25) is 4.79 Å². The zero-order valence-electron chi connectivity index (χ0n) is 7.26. The normalized spacial score (nSPS) is 10.2. The number of carbonyl (C=O) groups is 1. The van der Waals surface area contributed by atoms with Crippen LogP contribution < -0.4 is 5.73 Å². The molecule has 0 fully saturated rings. The summed E-state index contributed by atoms with van der Waals surface area (Å²) < 4.78 is 0. The second-order valence-electron chi connectivity index (χ2n) is 2.63. The molecule has 0 aliphatic rings. The van der Waals surface area contributed by atoms with Crippen LogP contribution in [0.25, 0.3) is 0 Å². The number of aromatic nitrogens is 1. The fraction of sp³-hybridized carbons (Fsp3) is 0.500. The molecule has 0 aliphatic carbocycles. The number of nitrogens with zero attached hydrogens (tertiary/aromatic N) is 1. The first kappa shape index (κ1) is 9.19. The minimum Gasteiger partial charge on any atom is -0.375 e. The van der Waals surface area contributed by atoms with Gasteiger partial charge in [-0.05, 0) is 6.42 Å². The summed E-state index contributed by atoms with van der Waals surface area (Å²) in [6.07, 6.45) is 1.91. The molecule has 0 radical (unpaired) electrons. The van der Waals surface area contributed by atoms with E-state index in [2.05, 4.69) is 11.9 Å². The summed E-state index contributed by atoms with van der Waals surface area (Å²) in [6.45, 7) is 3.59. The van der Waals surface area contributed by atoms with Crippen LogP contribution >= 0.6 is 11.3 Å². The monoisotopic (exact) mass is 184 g/mol. The molecule has 1 aromatic heterocycles. The number of nitrogens with two attached hydrogens (primary N) is 1. The summed E-state index contributed by atoms with van der Waals surface area (Å²) in [6, 6.07) is 0. The van der Waals surface area contributed by atoms with E-state index in [1.54, 1.807) is 0 Å². The van der Waals surface area contributed by atoms with Crippen LogP contribution in [0.2, 0.25) is 0 Å². The van der Waals surface area contributed by atoms with E-state index >= 15 is 0 Å². The van der Waals surface area contributed by atoms with Gasteiger partial charge in [0.05, 0.1) is 0 Å². The fourth-order valence-electron chi connectivity index (χ4n) is 1.04. The number of anilines is 1. The Kier molecular flexibility index (Phi) is 2.81. The SMILES string of the molecule is CCCc1sc(N)nc1C(C)=O. The van der Waals surface area contributed by atoms with Gasteiger partial charge in [0, 0.05) is 11.8 Å². The number of thiazole rings is 1. The summed E-state index contributed by atoms with van der Waals surface area (Å²) in [5.74, 6) is 0.00593. The number of nitrogen functional groups attached to an aromatic ring is 1. The first-order valence-corrected chi connectivity index (χ1v) is 4.73. The Balaban J connectivity index is 2.99. The summed E-state index contributed by atoms with van der Waals surface area (Å²) in [5, 5.41) is 0.489. The van der Waals surface area contributed by atoms with Gasteiger partial charge in [0.15, 0.2) is 10.9 Å². The molecule has 1 rings (SSSR count). The van der Waals surface area contributed by atoms with Crippen molar-refractivity contribution in [2.75, 3.05) is 5.73 Å². The Labute approximate surface area is 75.6 Å². The zero-order chi connectivity index (χ0) is 9.14. The van der Waals surface area contributed by atoms with Gasteiger partial charge in [-0.25, -0.2) is 4.98 Å². The van der Waals surface area contributed by atoms with E-state index in [9.17, 15) is 4.79 Å². The Morgan fingerprint density at radius 2 is 2.33 bits per heavy atom. The fourth-order valence-corrected chi connectivity index (χ4v) is 2.02. The van der Waals surface area contributed by atoms with Gasteiger partial charge in [-0.1, -0.05) is 13.3 Å². The van der Waals surface area contributed by atoms with Crippen molar-refractivity contribution < 1.29 is 4.79 Å². The third-order valence-corrected chi connectivity index (χ3v) is 2.47. The highest BCUT2D eigenvalue weighted by Gasteiger charge is 2.11. The van der Waals surface area contributed by atoms with Crippen molar-refractivity contribution in [2.45, 2.75) is 26.7 Å². The molecular weight excluding hydrogens is 172 g/mol. The Hall–Kier alpha value is -0.900. The maximum atomic E-state index is 11.0. The van der Waals surface area contributed by atoms with E-state index < -0.39 is 0 Å². The van der Waals surface area contributed by atoms with E-state index in [1.165, 1.54) is 18.3 Å². The zero-order valence-corrected chi connectivity index (χ0v) is 8.07. The van der Waals surface area contributed by atoms with Gasteiger partial charge in [0.1, 0.15) is 5.69 Å². The summed E-state index contributed by atoms with van der Waals surface area (Å²) in [7, 11) is 0. The molecule has 0 bridgehead atoms. The molecule has 0 saturated heterocycles. The number of aryl methyl sites for hydroxylation is 1. The van der Waals surface area contributed by atoms with Crippen LogP contribution in [0.1, 0.15) is 35.6 Å². The molecule has 1 aromatic rings. The number of hydrogen-bond donors (Lipinski definition) is 1. The van der Waals surface area contributed by atoms with E-state index in [4.69, 9.17) is 5.73 Å². The third-order valence-electron chi connectivity index (χ3n) is 1.52. The second kappa shape index (κ2) is 3.67. The lowest BCUT2D eigenvalue weighted by atomic mass is 10.2. The molecule has 2 N–H and O–H groups in total. The van der Waals surface area contributed by atoms with Gasteiger partial charge >= 0.3 is 0 Å². The smallest absolute Gasteiger partial charge is 0.180 e. The molecule has 0 atom stereocenters. The average Bonchev–Trinajstić information content (AvgIpc) is 2.32. The van der Waals surface area contributed by atoms with Crippen LogP contribution in [0.4, 0.5) is 5.13 Å². The van der Waals surface area contributed by atoms with Gasteiger partial charge in [-0.15, -0.1) is 11.3 Å². The minimum atomic E-state index is 0.00593. The van der Waals surface area contributed by atoms with Crippen molar-refractivity contribution in [3.05, 3.63) is 10.6 Å². The topological polar surface area (TPSA) is 56.0 Å². The van der Waals surface area contributed by atoms with E-state index in [0.29, 0.717) is 10.8 Å². The van der Waals surface area contributed by atoms with Crippen molar-refractivity contribution in [2.24, 2.45) is 0 Å². The Morgan fingerprint density at radius 3 is 2.83 bits per heavy atom. The molecule has 0 aromatic carbocycles. The predicted octanol–water partition coefficient (Wildman–Crippen LogP) is 1.88. The minimum absolute atomic E-state index is 0.00593. The molecule has 3 nitrogen and oxygen atoms in total. The number of Topliss-reactive ketones (excluding diaryl/α,β-unsaturated/α-hetero) is 1. The summed E-state index contributed by atoms with van der Waals surface area (Å²) in [5.41, 5.74) is 6.06. The molecule has 66 valence electrons. The summed E-state index contributed by atoms with van der Waals surface area (Å²) >= 11 is 1.41. The summed E-state index contributed by atoms with van der Waals surface area (Å²) in [4.78, 5) is 16.0. The predicted molar refractivity (Wildman–Crippen MR) is 50.5 cm³/mol. The van der Waals surface area contributed by atoms with Crippen LogP contribution in [0.5, 0.6) is 0 Å². The first-order valence-electron chi connectivity index (χ1n) is 3.91. The van der Waals surface area contributed by atoms with E-state index in [1.807, 2.05) is 0 Å². The molecule has 0 aliphatic heterocycles. The molecule has 0 spiro atoms. The maximum Gasteiger partial charge on any atom is 0.180 e. The van der Waals surface area contributed by atoms with Gasteiger partial charge in [0.25, 0.3) is 0 Å². The van der Waals surface area contributed by atoms with Crippen molar-refractivity contribution in [1.29, 1.82) is 0 Å². The molecule has 12 heavy (non-hydrogen) atoms. The lowest BCUT2D eigenvalue weighted by Gasteiger charge is -1.93. The highest BCUT2D eigenvalue weighted by Crippen LogP contribution is 2.22. The standard InChI is InChI=1S/C8H12N2OS/c1-3-4-6-7(5(2)11)10-8(9)12-6/h3-4H2,1-2H3,(H2,9,10). The molecular formula is C8H12N2OS. The number of hydrogen-bond acceptors (Lipinski definition) is 4. The van der Waals surface area contributed by atoms with Gasteiger partial charge in [0.2, 0.25) is 0 Å². The number of ketones is 1. The maximum absolute atomic E-state index is 11.0. The highest BCUT2D eigenvalue weighted by atomic mass is 32.1. The second-order valence-corrected chi connectivity index (χ2v) is 3.75. The highest BCUT2D eigenvalue weighted by molar-refractivity contribution is 7.15. The van der Waals surface area contributed by atoms with Crippen LogP contribution in [-0.2, 0) is 6.42 Å². The largest absolute Gasteiger partial charge is 0.375 e. The molecule has 4 heteroatoms. The van der Waals surface area contributed by atoms with E-state index in [0.717, 1.165) is 17.7 Å². The van der Waals surface area contributed by atoms with E-state index in [-0.39, 0.29) is 5.78 Å². The van der Waals surface area contributed by atoms with Gasteiger partial charge < -0.3 is 5.73 Å². The average molecular weight is 184 g/mol. The van der Waals surface area contributed by atoms with Crippen LogP contribution in [0.15, 0.2) is 0 Å². The molecule has 0 unspecified atom stereocenters. The number of carbonyl (C=O) groups excluding carboxylic acids is 1. The third kappa shape index (κ3) is 1.82. The molecule has 0 amide bonds. The Morgan fingerprint density at radius 1 is 1.67 bits per heavy atom. The first-order chi connectivity index (χ1) is 5.65. The quantitative estimate of drug-likeness (QED) is 0.730. The van der Waals surface area contributed by atoms with Crippen molar-refractivity contribution in [3.63, 3.8) is 0 Å². The van der Waals surface area contributed by atoms with Crippen LogP contribution in [0, 0.1) is 0 Å². The van der Waals surface area contributed by atoms with Gasteiger partial charge in [-0.2, -0.15) is 0 Å². The lowest BCUT2D eigenvalue weighted by Crippen LogP contribution is -1.97. The lowest BCUT2D eigenvalue weighted by molar-refractivity contribution is 0.101. The molecule has 0 saturated carbocycles.